The van der Waals surface area contributed by atoms with Gasteiger partial charge in [-0.1, -0.05) is 26.7 Å². The van der Waals surface area contributed by atoms with E-state index in [2.05, 4.69) is 31.0 Å². The Hall–Kier alpha value is -0.570. The number of nitrogens with one attached hydrogen (secondary N) is 1. The SMILES string of the molecule is CCN(CC1CCCCN1)C(=O)C1CCCC1(C)C. The summed E-state index contributed by atoms with van der Waals surface area (Å²) in [7, 11) is 0. The molecule has 0 aromatic heterocycles. The standard InChI is InChI=1S/C16H30N2O/c1-4-18(12-13-8-5-6-11-17-13)15(19)14-9-7-10-16(14,2)3/h13-14,17H,4-12H2,1-3H3. The molecule has 19 heavy (non-hydrogen) atoms. The van der Waals surface area contributed by atoms with E-state index in [4.69, 9.17) is 0 Å². The molecule has 1 N–H and O–H groups in total. The van der Waals surface area contributed by atoms with E-state index in [1.165, 1.54) is 32.1 Å². The largest absolute Gasteiger partial charge is 0.341 e. The van der Waals surface area contributed by atoms with Crippen LogP contribution < -0.4 is 5.32 Å². The van der Waals surface area contributed by atoms with E-state index >= 15 is 0 Å². The highest BCUT2D eigenvalue weighted by molar-refractivity contribution is 5.80. The van der Waals surface area contributed by atoms with Crippen LogP contribution in [0.3, 0.4) is 0 Å². The molecule has 0 aromatic rings. The third kappa shape index (κ3) is 3.50. The molecule has 2 fully saturated rings. The summed E-state index contributed by atoms with van der Waals surface area (Å²) in [5.41, 5.74) is 0.199. The lowest BCUT2D eigenvalue weighted by molar-refractivity contribution is -0.138. The Kier molecular flexibility index (Phi) is 4.88. The number of hydrogen-bond acceptors (Lipinski definition) is 2. The molecule has 3 nitrogen and oxygen atoms in total. The van der Waals surface area contributed by atoms with Gasteiger partial charge in [0, 0.05) is 25.0 Å². The smallest absolute Gasteiger partial charge is 0.226 e. The van der Waals surface area contributed by atoms with Gasteiger partial charge in [0.1, 0.15) is 0 Å². The van der Waals surface area contributed by atoms with Gasteiger partial charge in [-0.2, -0.15) is 0 Å². The van der Waals surface area contributed by atoms with E-state index in [0.717, 1.165) is 26.1 Å². The molecular weight excluding hydrogens is 236 g/mol. The Morgan fingerprint density at radius 3 is 2.58 bits per heavy atom. The van der Waals surface area contributed by atoms with Gasteiger partial charge in [-0.25, -0.2) is 0 Å². The summed E-state index contributed by atoms with van der Waals surface area (Å²) in [5, 5.41) is 3.56. The van der Waals surface area contributed by atoms with E-state index in [1.54, 1.807) is 0 Å². The van der Waals surface area contributed by atoms with Crippen molar-refractivity contribution in [1.82, 2.24) is 10.2 Å². The van der Waals surface area contributed by atoms with Gasteiger partial charge in [0.25, 0.3) is 0 Å². The zero-order valence-corrected chi connectivity index (χ0v) is 12.9. The Labute approximate surface area is 118 Å². The molecule has 1 aliphatic heterocycles. The van der Waals surface area contributed by atoms with Crippen molar-refractivity contribution in [1.29, 1.82) is 0 Å². The van der Waals surface area contributed by atoms with Gasteiger partial charge in [0.15, 0.2) is 0 Å². The van der Waals surface area contributed by atoms with Crippen molar-refractivity contribution in [2.75, 3.05) is 19.6 Å². The fraction of sp³-hybridized carbons (Fsp3) is 0.938. The Bertz CT molecular complexity index is 308. The van der Waals surface area contributed by atoms with Crippen LogP contribution in [0.2, 0.25) is 0 Å². The predicted molar refractivity (Wildman–Crippen MR) is 79.0 cm³/mol. The highest BCUT2D eigenvalue weighted by Gasteiger charge is 2.41. The first-order valence-electron chi connectivity index (χ1n) is 8.07. The second kappa shape index (κ2) is 6.25. The number of piperidine rings is 1. The summed E-state index contributed by atoms with van der Waals surface area (Å²) in [4.78, 5) is 14.9. The number of carbonyl (C=O) groups is 1. The molecule has 1 saturated carbocycles. The summed E-state index contributed by atoms with van der Waals surface area (Å²) in [6.07, 6.45) is 7.30. The molecule has 2 atom stereocenters. The molecule has 2 unspecified atom stereocenters. The zero-order chi connectivity index (χ0) is 13.9. The second-order valence-electron chi connectivity index (χ2n) is 6.96. The van der Waals surface area contributed by atoms with Crippen LogP contribution >= 0.6 is 0 Å². The quantitative estimate of drug-likeness (QED) is 0.848. The molecule has 110 valence electrons. The van der Waals surface area contributed by atoms with Crippen LogP contribution in [0.15, 0.2) is 0 Å². The highest BCUT2D eigenvalue weighted by Crippen LogP contribution is 2.43. The topological polar surface area (TPSA) is 32.3 Å². The van der Waals surface area contributed by atoms with Gasteiger partial charge in [0.2, 0.25) is 5.91 Å². The van der Waals surface area contributed by atoms with Crippen LogP contribution in [0.4, 0.5) is 0 Å². The van der Waals surface area contributed by atoms with Gasteiger partial charge >= 0.3 is 0 Å². The maximum absolute atomic E-state index is 12.8. The minimum atomic E-state index is 0.199. The second-order valence-corrected chi connectivity index (χ2v) is 6.96. The molecular formula is C16H30N2O. The first-order valence-corrected chi connectivity index (χ1v) is 8.07. The Morgan fingerprint density at radius 2 is 2.05 bits per heavy atom. The van der Waals surface area contributed by atoms with Crippen LogP contribution in [0, 0.1) is 11.3 Å². The first kappa shape index (κ1) is 14.8. The third-order valence-electron chi connectivity index (χ3n) is 5.10. The van der Waals surface area contributed by atoms with Gasteiger partial charge < -0.3 is 10.2 Å². The molecule has 0 bridgehead atoms. The summed E-state index contributed by atoms with van der Waals surface area (Å²) < 4.78 is 0. The molecule has 2 rings (SSSR count). The van der Waals surface area contributed by atoms with Crippen LogP contribution in [0.25, 0.3) is 0 Å². The molecule has 2 aliphatic rings. The van der Waals surface area contributed by atoms with Crippen LogP contribution in [0.5, 0.6) is 0 Å². The van der Waals surface area contributed by atoms with Gasteiger partial charge in [-0.3, -0.25) is 4.79 Å². The monoisotopic (exact) mass is 266 g/mol. The van der Waals surface area contributed by atoms with Crippen molar-refractivity contribution >= 4 is 5.91 Å². The third-order valence-corrected chi connectivity index (χ3v) is 5.10. The van der Waals surface area contributed by atoms with Crippen LogP contribution in [-0.4, -0.2) is 36.5 Å². The van der Waals surface area contributed by atoms with Crippen molar-refractivity contribution < 1.29 is 4.79 Å². The number of hydrogen-bond donors (Lipinski definition) is 1. The lowest BCUT2D eigenvalue weighted by Crippen LogP contribution is -2.48. The van der Waals surface area contributed by atoms with Crippen molar-refractivity contribution in [2.45, 2.75) is 65.3 Å². The molecule has 0 radical (unpaired) electrons. The Morgan fingerprint density at radius 1 is 1.26 bits per heavy atom. The van der Waals surface area contributed by atoms with Gasteiger partial charge in [-0.15, -0.1) is 0 Å². The molecule has 1 saturated heterocycles. The van der Waals surface area contributed by atoms with Crippen molar-refractivity contribution in [3.05, 3.63) is 0 Å². The molecule has 1 aliphatic carbocycles. The average molecular weight is 266 g/mol. The zero-order valence-electron chi connectivity index (χ0n) is 12.9. The minimum Gasteiger partial charge on any atom is -0.341 e. The van der Waals surface area contributed by atoms with E-state index in [1.807, 2.05) is 0 Å². The summed E-state index contributed by atoms with van der Waals surface area (Å²) in [6.45, 7) is 9.50. The normalized spacial score (nSPS) is 30.3. The molecule has 0 aromatic carbocycles. The summed E-state index contributed by atoms with van der Waals surface area (Å²) in [6, 6.07) is 0.516. The number of rotatable bonds is 4. The molecule has 1 amide bonds. The summed E-state index contributed by atoms with van der Waals surface area (Å²) >= 11 is 0. The van der Waals surface area contributed by atoms with Crippen LogP contribution in [-0.2, 0) is 4.79 Å². The fourth-order valence-corrected chi connectivity index (χ4v) is 3.73. The van der Waals surface area contributed by atoms with Crippen molar-refractivity contribution in [3.63, 3.8) is 0 Å². The molecule has 0 spiro atoms. The fourth-order valence-electron chi connectivity index (χ4n) is 3.73. The summed E-state index contributed by atoms with van der Waals surface area (Å²) in [5.74, 6) is 0.647. The van der Waals surface area contributed by atoms with Crippen molar-refractivity contribution in [3.8, 4) is 0 Å². The number of amides is 1. The van der Waals surface area contributed by atoms with Crippen molar-refractivity contribution in [2.24, 2.45) is 11.3 Å². The minimum absolute atomic E-state index is 0.199. The maximum Gasteiger partial charge on any atom is 0.226 e. The maximum atomic E-state index is 12.8. The Balaban J connectivity index is 1.94. The lowest BCUT2D eigenvalue weighted by atomic mass is 9.81. The highest BCUT2D eigenvalue weighted by atomic mass is 16.2. The molecule has 1 heterocycles. The average Bonchev–Trinajstić information content (AvgIpc) is 2.76. The van der Waals surface area contributed by atoms with E-state index < -0.39 is 0 Å². The first-order chi connectivity index (χ1) is 9.04. The van der Waals surface area contributed by atoms with Gasteiger partial charge in [-0.05, 0) is 44.6 Å². The molecule has 3 heteroatoms. The lowest BCUT2D eigenvalue weighted by Gasteiger charge is -2.35. The van der Waals surface area contributed by atoms with Gasteiger partial charge in [0.05, 0.1) is 0 Å². The van der Waals surface area contributed by atoms with E-state index in [0.29, 0.717) is 11.9 Å². The van der Waals surface area contributed by atoms with Crippen LogP contribution in [0.1, 0.15) is 59.3 Å². The number of likely N-dealkylation sites (N-methyl/N-ethyl adjacent to an activating group) is 1. The number of carbonyl (C=O) groups excluding carboxylic acids is 1. The predicted octanol–water partition coefficient (Wildman–Crippen LogP) is 2.80. The van der Waals surface area contributed by atoms with E-state index in [-0.39, 0.29) is 11.3 Å². The van der Waals surface area contributed by atoms with E-state index in [9.17, 15) is 4.79 Å². The number of nitrogens with zero attached hydrogens (tertiary/aromatic N) is 1.